The number of rotatable bonds is 6. The predicted octanol–water partition coefficient (Wildman–Crippen LogP) is 3.35. The van der Waals surface area contributed by atoms with Gasteiger partial charge in [-0.1, -0.05) is 48.0 Å². The van der Waals surface area contributed by atoms with Crippen molar-refractivity contribution in [1.29, 1.82) is 0 Å². The first kappa shape index (κ1) is 22.1. The minimum absolute atomic E-state index is 0.00730. The second-order valence-corrected chi connectivity index (χ2v) is 6.99. The monoisotopic (exact) mass is 414 g/mol. The Hall–Kier alpha value is -3.19. The van der Waals surface area contributed by atoms with Crippen LogP contribution in [0.3, 0.4) is 0 Å². The van der Waals surface area contributed by atoms with Gasteiger partial charge in [0.05, 0.1) is 12.5 Å². The van der Waals surface area contributed by atoms with Gasteiger partial charge in [0.1, 0.15) is 0 Å². The molecule has 8 heteroatoms. The fourth-order valence-electron chi connectivity index (χ4n) is 2.44. The highest BCUT2D eigenvalue weighted by molar-refractivity contribution is 6.40. The van der Waals surface area contributed by atoms with Crippen LogP contribution in [-0.2, 0) is 14.4 Å². The quantitative estimate of drug-likeness (QED) is 0.384. The van der Waals surface area contributed by atoms with Crippen molar-refractivity contribution in [2.24, 2.45) is 5.10 Å². The van der Waals surface area contributed by atoms with Crippen LogP contribution in [0, 0.1) is 6.92 Å². The third-order valence-corrected chi connectivity index (χ3v) is 4.48. The number of hydrogen-bond acceptors (Lipinski definition) is 4. The number of benzene rings is 2. The molecule has 152 valence electrons. The third-order valence-electron chi connectivity index (χ3n) is 4.08. The Bertz CT molecular complexity index is 929. The molecule has 0 aliphatic rings. The molecule has 0 bridgehead atoms. The highest BCUT2D eigenvalue weighted by Gasteiger charge is 2.15. The highest BCUT2D eigenvalue weighted by atomic mass is 35.5. The topological polar surface area (TPSA) is 99.7 Å². The number of nitrogens with zero attached hydrogens (tertiary/aromatic N) is 1. The molecule has 2 aromatic rings. The van der Waals surface area contributed by atoms with Crippen molar-refractivity contribution in [2.45, 2.75) is 33.2 Å². The van der Waals surface area contributed by atoms with E-state index in [1.807, 2.05) is 44.2 Å². The first-order valence-corrected chi connectivity index (χ1v) is 9.39. The molecule has 0 heterocycles. The second-order valence-electron chi connectivity index (χ2n) is 6.58. The summed E-state index contributed by atoms with van der Waals surface area (Å²) in [6.45, 7) is 5.29. The van der Waals surface area contributed by atoms with Gasteiger partial charge in [0.2, 0.25) is 5.91 Å². The molecule has 0 aliphatic carbocycles. The largest absolute Gasteiger partial charge is 0.349 e. The zero-order valence-corrected chi connectivity index (χ0v) is 17.2. The molecule has 2 aromatic carbocycles. The summed E-state index contributed by atoms with van der Waals surface area (Å²) in [5.74, 6) is -2.07. The average Bonchev–Trinajstić information content (AvgIpc) is 2.69. The molecule has 1 atom stereocenters. The molecule has 0 fully saturated rings. The number of hydrazone groups is 1. The normalized spacial score (nSPS) is 12.1. The van der Waals surface area contributed by atoms with Crippen molar-refractivity contribution in [3.63, 3.8) is 0 Å². The maximum atomic E-state index is 12.1. The Balaban J connectivity index is 1.83. The first-order valence-electron chi connectivity index (χ1n) is 9.01. The van der Waals surface area contributed by atoms with E-state index in [9.17, 15) is 14.4 Å². The minimum Gasteiger partial charge on any atom is -0.349 e. The van der Waals surface area contributed by atoms with E-state index in [4.69, 9.17) is 11.6 Å². The molecule has 29 heavy (non-hydrogen) atoms. The van der Waals surface area contributed by atoms with Crippen molar-refractivity contribution in [3.05, 3.63) is 64.7 Å². The smallest absolute Gasteiger partial charge is 0.329 e. The molecule has 0 spiro atoms. The van der Waals surface area contributed by atoms with E-state index < -0.39 is 11.8 Å². The van der Waals surface area contributed by atoms with E-state index in [2.05, 4.69) is 21.2 Å². The SMILES string of the molecule is C/C(CC(=O)NC(C)c1ccccc1)=N\NC(=O)C(=O)Nc1ccc(C)c(Cl)c1. The van der Waals surface area contributed by atoms with Crippen molar-refractivity contribution in [3.8, 4) is 0 Å². The van der Waals surface area contributed by atoms with Gasteiger partial charge in [-0.05, 0) is 44.0 Å². The van der Waals surface area contributed by atoms with Gasteiger partial charge in [-0.15, -0.1) is 0 Å². The summed E-state index contributed by atoms with van der Waals surface area (Å²) in [4.78, 5) is 35.9. The van der Waals surface area contributed by atoms with Crippen LogP contribution in [-0.4, -0.2) is 23.4 Å². The second kappa shape index (κ2) is 10.4. The Morgan fingerprint density at radius 3 is 2.41 bits per heavy atom. The lowest BCUT2D eigenvalue weighted by Gasteiger charge is -2.14. The molecule has 0 aromatic heterocycles. The number of halogens is 1. The molecule has 0 saturated heterocycles. The van der Waals surface area contributed by atoms with E-state index in [-0.39, 0.29) is 18.4 Å². The van der Waals surface area contributed by atoms with Crippen LogP contribution in [0.15, 0.2) is 53.6 Å². The van der Waals surface area contributed by atoms with Crippen molar-refractivity contribution >= 4 is 40.7 Å². The third kappa shape index (κ3) is 7.04. The number of nitrogens with one attached hydrogen (secondary N) is 3. The van der Waals surface area contributed by atoms with Gasteiger partial charge in [0.15, 0.2) is 0 Å². The molecule has 2 rings (SSSR count). The maximum absolute atomic E-state index is 12.1. The number of anilines is 1. The molecule has 1 unspecified atom stereocenters. The lowest BCUT2D eigenvalue weighted by Crippen LogP contribution is -2.33. The van der Waals surface area contributed by atoms with Crippen molar-refractivity contribution in [2.75, 3.05) is 5.32 Å². The maximum Gasteiger partial charge on any atom is 0.329 e. The Kier molecular flexibility index (Phi) is 7.91. The van der Waals surface area contributed by atoms with E-state index in [1.54, 1.807) is 25.1 Å². The van der Waals surface area contributed by atoms with Gasteiger partial charge in [-0.3, -0.25) is 14.4 Å². The molecule has 3 N–H and O–H groups in total. The summed E-state index contributed by atoms with van der Waals surface area (Å²) in [6.07, 6.45) is -0.00730. The van der Waals surface area contributed by atoms with Crippen LogP contribution in [0.1, 0.15) is 37.4 Å². The molecule has 0 radical (unpaired) electrons. The summed E-state index contributed by atoms with van der Waals surface area (Å²) in [7, 11) is 0. The molecular formula is C21H23ClN4O3. The molecule has 3 amide bonds. The number of carbonyl (C=O) groups is 3. The number of amides is 3. The van der Waals surface area contributed by atoms with E-state index in [0.717, 1.165) is 11.1 Å². The number of carbonyl (C=O) groups excluding carboxylic acids is 3. The van der Waals surface area contributed by atoms with E-state index in [0.29, 0.717) is 16.4 Å². The number of aryl methyl sites for hydroxylation is 1. The summed E-state index contributed by atoms with van der Waals surface area (Å²) < 4.78 is 0. The fourth-order valence-corrected chi connectivity index (χ4v) is 2.63. The van der Waals surface area contributed by atoms with E-state index >= 15 is 0 Å². The highest BCUT2D eigenvalue weighted by Crippen LogP contribution is 2.19. The predicted molar refractivity (Wildman–Crippen MR) is 114 cm³/mol. The Morgan fingerprint density at radius 2 is 1.76 bits per heavy atom. The zero-order valence-electron chi connectivity index (χ0n) is 16.5. The van der Waals surface area contributed by atoms with Crippen LogP contribution < -0.4 is 16.1 Å². The van der Waals surface area contributed by atoms with Gasteiger partial charge in [0, 0.05) is 16.4 Å². The van der Waals surface area contributed by atoms with Gasteiger partial charge >= 0.3 is 11.8 Å². The Morgan fingerprint density at radius 1 is 1.07 bits per heavy atom. The van der Waals surface area contributed by atoms with Gasteiger partial charge in [0.25, 0.3) is 0 Å². The molecule has 0 saturated carbocycles. The summed E-state index contributed by atoms with van der Waals surface area (Å²) in [5.41, 5.74) is 4.74. The zero-order chi connectivity index (χ0) is 21.4. The van der Waals surface area contributed by atoms with Crippen LogP contribution in [0.25, 0.3) is 0 Å². The van der Waals surface area contributed by atoms with Crippen LogP contribution in [0.2, 0.25) is 5.02 Å². The average molecular weight is 415 g/mol. The van der Waals surface area contributed by atoms with Crippen LogP contribution in [0.4, 0.5) is 5.69 Å². The van der Waals surface area contributed by atoms with Crippen molar-refractivity contribution in [1.82, 2.24) is 10.7 Å². The number of hydrogen-bond donors (Lipinski definition) is 3. The lowest BCUT2D eigenvalue weighted by atomic mass is 10.1. The minimum atomic E-state index is -0.945. The van der Waals surface area contributed by atoms with Crippen LogP contribution >= 0.6 is 11.6 Å². The van der Waals surface area contributed by atoms with Crippen LogP contribution in [0.5, 0.6) is 0 Å². The Labute approximate surface area is 174 Å². The van der Waals surface area contributed by atoms with E-state index in [1.165, 1.54) is 0 Å². The standard InChI is InChI=1S/C21H23ClN4O3/c1-13-9-10-17(12-18(13)22)24-20(28)21(29)26-25-14(2)11-19(27)23-15(3)16-7-5-4-6-8-16/h4-10,12,15H,11H2,1-3H3,(H,23,27)(H,24,28)(H,26,29)/b25-14+. The fraction of sp³-hybridized carbons (Fsp3) is 0.238. The van der Waals surface area contributed by atoms with Gasteiger partial charge in [-0.2, -0.15) is 5.10 Å². The lowest BCUT2D eigenvalue weighted by molar-refractivity contribution is -0.136. The molecular weight excluding hydrogens is 392 g/mol. The molecule has 7 nitrogen and oxygen atoms in total. The summed E-state index contributed by atoms with van der Waals surface area (Å²) >= 11 is 5.99. The molecule has 0 aliphatic heterocycles. The van der Waals surface area contributed by atoms with Crippen molar-refractivity contribution < 1.29 is 14.4 Å². The first-order chi connectivity index (χ1) is 13.8. The summed E-state index contributed by atoms with van der Waals surface area (Å²) in [5, 5.41) is 9.58. The van der Waals surface area contributed by atoms with Gasteiger partial charge in [-0.25, -0.2) is 5.43 Å². The summed E-state index contributed by atoms with van der Waals surface area (Å²) in [6, 6.07) is 14.3. The van der Waals surface area contributed by atoms with Gasteiger partial charge < -0.3 is 10.6 Å².